The number of ketones is 1. The fraction of sp³-hybridized carbons (Fsp3) is 0.136. The van der Waals surface area contributed by atoms with Gasteiger partial charge in [-0.15, -0.1) is 23.6 Å². The van der Waals surface area contributed by atoms with Crippen LogP contribution >= 0.6 is 44.7 Å². The summed E-state index contributed by atoms with van der Waals surface area (Å²) in [6.07, 6.45) is 3.36. The van der Waals surface area contributed by atoms with Crippen LogP contribution in [0.4, 0.5) is 0 Å². The Kier molecular flexibility index (Phi) is 9.08. The van der Waals surface area contributed by atoms with Crippen LogP contribution in [0.15, 0.2) is 76.3 Å². The van der Waals surface area contributed by atoms with Gasteiger partial charge in [0.1, 0.15) is 11.4 Å². The minimum absolute atomic E-state index is 0. The van der Waals surface area contributed by atoms with E-state index in [9.17, 15) is 9.59 Å². The Hall–Kier alpha value is -2.16. The van der Waals surface area contributed by atoms with Crippen LogP contribution in [0.25, 0.3) is 6.08 Å². The van der Waals surface area contributed by atoms with E-state index in [1.54, 1.807) is 31.4 Å². The molecule has 0 aromatic heterocycles. The third-order valence-electron chi connectivity index (χ3n) is 4.14. The number of benzene rings is 2. The largest absolute Gasteiger partial charge is 0.497 e. The van der Waals surface area contributed by atoms with Gasteiger partial charge in [0.2, 0.25) is 0 Å². The first-order chi connectivity index (χ1) is 14.0. The number of amidine groups is 1. The van der Waals surface area contributed by atoms with Crippen molar-refractivity contribution in [3.8, 4) is 5.75 Å². The number of thioether (sulfide) groups is 1. The molecule has 1 aliphatic rings. The second kappa shape index (κ2) is 11.3. The predicted octanol–water partition coefficient (Wildman–Crippen LogP) is 5.38. The molecule has 0 radical (unpaired) electrons. The molecule has 2 aromatic carbocycles. The summed E-state index contributed by atoms with van der Waals surface area (Å²) in [5.74, 6) is 0.699. The van der Waals surface area contributed by atoms with Crippen LogP contribution in [0.1, 0.15) is 15.9 Å². The van der Waals surface area contributed by atoms with E-state index in [4.69, 9.17) is 4.74 Å². The third kappa shape index (κ3) is 5.93. The maximum Gasteiger partial charge on any atom is 0.278 e. The number of halogens is 2. The highest BCUT2D eigenvalue weighted by Gasteiger charge is 2.30. The third-order valence-corrected chi connectivity index (χ3v) is 5.65. The van der Waals surface area contributed by atoms with E-state index >= 15 is 0 Å². The van der Waals surface area contributed by atoms with E-state index in [-0.39, 0.29) is 34.4 Å². The Morgan fingerprint density at radius 1 is 1.20 bits per heavy atom. The van der Waals surface area contributed by atoms with Gasteiger partial charge in [-0.25, -0.2) is 4.99 Å². The zero-order chi connectivity index (χ0) is 20.8. The molecule has 5 nitrogen and oxygen atoms in total. The van der Waals surface area contributed by atoms with Crippen molar-refractivity contribution >= 4 is 67.6 Å². The van der Waals surface area contributed by atoms with Crippen molar-refractivity contribution in [1.29, 1.82) is 0 Å². The molecule has 0 saturated carbocycles. The number of hydrogen-bond acceptors (Lipinski definition) is 5. The molecule has 3 rings (SSSR count). The minimum Gasteiger partial charge on any atom is -0.497 e. The van der Waals surface area contributed by atoms with Gasteiger partial charge in [-0.2, -0.15) is 0 Å². The Morgan fingerprint density at radius 2 is 1.87 bits per heavy atom. The standard InChI is InChI=1S/C22H19BrN2O3S.BrH/c1-3-12-25-21(27)19(13-15-4-10-18(28-2)11-5-15)24-22(25)29-14-20(26)16-6-8-17(23)9-7-16;/h3-11,13H,1,12,14H2,2H3;1H/b19-13+;. The highest BCUT2D eigenvalue weighted by molar-refractivity contribution is 9.10. The van der Waals surface area contributed by atoms with Crippen molar-refractivity contribution < 1.29 is 14.3 Å². The lowest BCUT2D eigenvalue weighted by molar-refractivity contribution is -0.122. The lowest BCUT2D eigenvalue weighted by Gasteiger charge is -2.15. The van der Waals surface area contributed by atoms with E-state index in [1.165, 1.54) is 16.7 Å². The average molecular weight is 552 g/mol. The smallest absolute Gasteiger partial charge is 0.278 e. The molecular weight excluding hydrogens is 532 g/mol. The van der Waals surface area contributed by atoms with Crippen LogP contribution < -0.4 is 4.74 Å². The van der Waals surface area contributed by atoms with Gasteiger partial charge in [0.15, 0.2) is 11.0 Å². The molecule has 0 fully saturated rings. The number of aliphatic imine (C=N–C) groups is 1. The predicted molar refractivity (Wildman–Crippen MR) is 132 cm³/mol. The number of methoxy groups -OCH3 is 1. The number of carbonyl (C=O) groups excluding carboxylic acids is 2. The van der Waals surface area contributed by atoms with E-state index in [2.05, 4.69) is 27.5 Å². The molecule has 0 bridgehead atoms. The first-order valence-corrected chi connectivity index (χ1v) is 10.6. The second-order valence-corrected chi connectivity index (χ2v) is 7.98. The molecule has 0 unspecified atom stereocenters. The molecule has 0 aliphatic carbocycles. The lowest BCUT2D eigenvalue weighted by atomic mass is 10.2. The fourth-order valence-corrected chi connectivity index (χ4v) is 3.81. The van der Waals surface area contributed by atoms with Gasteiger partial charge in [0, 0.05) is 16.6 Å². The van der Waals surface area contributed by atoms with Gasteiger partial charge in [-0.05, 0) is 35.9 Å². The number of Topliss-reactive ketones (excluding diaryl/α,β-unsaturated/α-hetero) is 1. The molecule has 0 atom stereocenters. The van der Waals surface area contributed by atoms with Crippen LogP contribution in [-0.4, -0.2) is 41.2 Å². The molecule has 1 amide bonds. The minimum atomic E-state index is -0.209. The van der Waals surface area contributed by atoms with Gasteiger partial charge in [-0.3, -0.25) is 14.5 Å². The van der Waals surface area contributed by atoms with E-state index in [1.807, 2.05) is 36.4 Å². The number of hydrogen-bond donors (Lipinski definition) is 0. The van der Waals surface area contributed by atoms with Crippen molar-refractivity contribution in [2.24, 2.45) is 4.99 Å². The Balaban J connectivity index is 0.00000320. The Bertz CT molecular complexity index is 986. The highest BCUT2D eigenvalue weighted by atomic mass is 79.9. The molecule has 30 heavy (non-hydrogen) atoms. The molecule has 156 valence electrons. The molecule has 2 aromatic rings. The SMILES string of the molecule is Br.C=CCN1C(=O)/C(=C\c2ccc(OC)cc2)N=C1SCC(=O)c1ccc(Br)cc1. The summed E-state index contributed by atoms with van der Waals surface area (Å²) in [7, 11) is 1.60. The Morgan fingerprint density at radius 3 is 2.47 bits per heavy atom. The molecule has 0 spiro atoms. The first-order valence-electron chi connectivity index (χ1n) is 8.80. The molecule has 0 N–H and O–H groups in total. The van der Waals surface area contributed by atoms with Gasteiger partial charge in [0.05, 0.1) is 12.9 Å². The second-order valence-electron chi connectivity index (χ2n) is 6.12. The topological polar surface area (TPSA) is 59.0 Å². The van der Waals surface area contributed by atoms with Crippen LogP contribution in [0.2, 0.25) is 0 Å². The lowest BCUT2D eigenvalue weighted by Crippen LogP contribution is -2.31. The van der Waals surface area contributed by atoms with Gasteiger partial charge >= 0.3 is 0 Å². The summed E-state index contributed by atoms with van der Waals surface area (Å²) in [5, 5.41) is 0.500. The molecular formula is C22H20Br2N2O3S. The van der Waals surface area contributed by atoms with E-state index < -0.39 is 0 Å². The van der Waals surface area contributed by atoms with Crippen molar-refractivity contribution in [2.75, 3.05) is 19.4 Å². The summed E-state index contributed by atoms with van der Waals surface area (Å²) in [4.78, 5) is 31.2. The van der Waals surface area contributed by atoms with Crippen molar-refractivity contribution in [2.45, 2.75) is 0 Å². The highest BCUT2D eigenvalue weighted by Crippen LogP contribution is 2.25. The number of carbonyl (C=O) groups is 2. The number of amides is 1. The Labute approximate surface area is 198 Å². The number of nitrogens with zero attached hydrogens (tertiary/aromatic N) is 2. The zero-order valence-electron chi connectivity index (χ0n) is 16.2. The number of rotatable bonds is 7. The zero-order valence-corrected chi connectivity index (χ0v) is 20.3. The molecule has 8 heteroatoms. The summed E-state index contributed by atoms with van der Waals surface area (Å²) >= 11 is 4.61. The van der Waals surface area contributed by atoms with Crippen molar-refractivity contribution in [1.82, 2.24) is 4.90 Å². The fourth-order valence-electron chi connectivity index (χ4n) is 2.64. The van der Waals surface area contributed by atoms with Gasteiger partial charge in [-0.1, -0.05) is 58.0 Å². The van der Waals surface area contributed by atoms with Crippen molar-refractivity contribution in [3.63, 3.8) is 0 Å². The monoisotopic (exact) mass is 550 g/mol. The van der Waals surface area contributed by atoms with Crippen LogP contribution in [0, 0.1) is 0 Å². The number of ether oxygens (including phenoxy) is 1. The van der Waals surface area contributed by atoms with Crippen LogP contribution in [-0.2, 0) is 4.79 Å². The normalized spacial score (nSPS) is 14.3. The molecule has 1 aliphatic heterocycles. The summed E-state index contributed by atoms with van der Waals surface area (Å²) in [5.41, 5.74) is 1.79. The summed E-state index contributed by atoms with van der Waals surface area (Å²) in [6.45, 7) is 4.04. The van der Waals surface area contributed by atoms with E-state index in [0.29, 0.717) is 23.0 Å². The maximum atomic E-state index is 12.8. The quantitative estimate of drug-likeness (QED) is 0.263. The summed E-state index contributed by atoms with van der Waals surface area (Å²) < 4.78 is 6.07. The van der Waals surface area contributed by atoms with Crippen LogP contribution in [0.5, 0.6) is 5.75 Å². The molecule has 0 saturated heterocycles. The van der Waals surface area contributed by atoms with Crippen molar-refractivity contribution in [3.05, 3.63) is 82.5 Å². The first kappa shape index (κ1) is 24.1. The van der Waals surface area contributed by atoms with E-state index in [0.717, 1.165) is 15.8 Å². The van der Waals surface area contributed by atoms with Crippen LogP contribution in [0.3, 0.4) is 0 Å². The van der Waals surface area contributed by atoms with Gasteiger partial charge in [0.25, 0.3) is 5.91 Å². The average Bonchev–Trinajstić information content (AvgIpc) is 3.02. The van der Waals surface area contributed by atoms with Gasteiger partial charge < -0.3 is 4.74 Å². The molecule has 1 heterocycles. The summed E-state index contributed by atoms with van der Waals surface area (Å²) in [6, 6.07) is 14.6. The maximum absolute atomic E-state index is 12.8.